The molecule has 2 N–H and O–H groups in total. The first-order valence-electron chi connectivity index (χ1n) is 5.26. The van der Waals surface area contributed by atoms with Gasteiger partial charge in [-0.25, -0.2) is 9.78 Å². The molecule has 1 unspecified atom stereocenters. The quantitative estimate of drug-likeness (QED) is 0.792. The summed E-state index contributed by atoms with van der Waals surface area (Å²) in [6, 6.07) is 3.06. The molecule has 0 aliphatic heterocycles. The Balaban J connectivity index is 1.89. The molecule has 2 rings (SSSR count). The second-order valence-corrected chi connectivity index (χ2v) is 4.01. The van der Waals surface area contributed by atoms with Crippen LogP contribution in [0, 0.1) is 0 Å². The second kappa shape index (κ2) is 5.50. The molecule has 1 heterocycles. The Hall–Kier alpha value is -1.81. The smallest absolute Gasteiger partial charge is 0.319 e. The number of allylic oxidation sites excluding steroid dienone is 2. The van der Waals surface area contributed by atoms with Crippen molar-refractivity contribution in [2.24, 2.45) is 0 Å². The molecule has 0 bridgehead atoms. The Morgan fingerprint density at radius 1 is 1.47 bits per heavy atom. The van der Waals surface area contributed by atoms with Crippen molar-refractivity contribution in [2.75, 3.05) is 5.32 Å². The zero-order valence-electron chi connectivity index (χ0n) is 9.06. The number of anilines is 1. The third-order valence-corrected chi connectivity index (χ3v) is 2.49. The van der Waals surface area contributed by atoms with Crippen molar-refractivity contribution in [1.29, 1.82) is 0 Å². The second-order valence-electron chi connectivity index (χ2n) is 3.62. The topological polar surface area (TPSA) is 54.0 Å². The average molecular weight is 250 g/mol. The third kappa shape index (κ3) is 3.60. The van der Waals surface area contributed by atoms with Gasteiger partial charge in [-0.15, -0.1) is 0 Å². The maximum absolute atomic E-state index is 11.6. The number of halogens is 1. The summed E-state index contributed by atoms with van der Waals surface area (Å²) in [5, 5.41) is 5.88. The fraction of sp³-hybridized carbons (Fsp3) is 0.167. The summed E-state index contributed by atoms with van der Waals surface area (Å²) in [6.07, 6.45) is 10.2. The summed E-state index contributed by atoms with van der Waals surface area (Å²) in [5.41, 5.74) is 0.623. The minimum absolute atomic E-state index is 0.0392. The number of urea groups is 1. The summed E-state index contributed by atoms with van der Waals surface area (Å²) in [7, 11) is 0. The normalized spacial score (nSPS) is 17.8. The molecule has 5 heteroatoms. The Morgan fingerprint density at radius 3 is 3.06 bits per heavy atom. The zero-order valence-corrected chi connectivity index (χ0v) is 9.82. The fourth-order valence-corrected chi connectivity index (χ4v) is 1.68. The van der Waals surface area contributed by atoms with E-state index < -0.39 is 0 Å². The van der Waals surface area contributed by atoms with Gasteiger partial charge in [0.05, 0.1) is 6.04 Å². The lowest BCUT2D eigenvalue weighted by atomic mass is 10.1. The molecule has 0 saturated heterocycles. The molecule has 0 spiro atoms. The van der Waals surface area contributed by atoms with Crippen molar-refractivity contribution in [3.8, 4) is 0 Å². The molecule has 17 heavy (non-hydrogen) atoms. The highest BCUT2D eigenvalue weighted by Crippen LogP contribution is 2.12. The van der Waals surface area contributed by atoms with Crippen molar-refractivity contribution < 1.29 is 4.79 Å². The third-order valence-electron chi connectivity index (χ3n) is 2.28. The van der Waals surface area contributed by atoms with E-state index in [1.807, 2.05) is 24.3 Å². The first-order valence-corrected chi connectivity index (χ1v) is 5.64. The SMILES string of the molecule is O=C(Nc1ccnc(Cl)c1)NC1C=CC=CC1. The van der Waals surface area contributed by atoms with Crippen molar-refractivity contribution in [1.82, 2.24) is 10.3 Å². The first-order chi connectivity index (χ1) is 8.24. The highest BCUT2D eigenvalue weighted by molar-refractivity contribution is 6.29. The number of hydrogen-bond acceptors (Lipinski definition) is 2. The van der Waals surface area contributed by atoms with Gasteiger partial charge < -0.3 is 10.6 Å². The largest absolute Gasteiger partial charge is 0.331 e. The highest BCUT2D eigenvalue weighted by Gasteiger charge is 2.09. The number of rotatable bonds is 2. The molecule has 1 atom stereocenters. The van der Waals surface area contributed by atoms with Crippen molar-refractivity contribution in [3.05, 3.63) is 47.8 Å². The maximum Gasteiger partial charge on any atom is 0.319 e. The van der Waals surface area contributed by atoms with Gasteiger partial charge in [0.25, 0.3) is 0 Å². The number of carbonyl (C=O) groups excluding carboxylic acids is 1. The predicted molar refractivity (Wildman–Crippen MR) is 68.1 cm³/mol. The number of carbonyl (C=O) groups is 1. The highest BCUT2D eigenvalue weighted by atomic mass is 35.5. The lowest BCUT2D eigenvalue weighted by Gasteiger charge is -2.15. The Bertz CT molecular complexity index is 471. The van der Waals surface area contributed by atoms with E-state index in [-0.39, 0.29) is 12.1 Å². The Labute approximate surface area is 104 Å². The first kappa shape index (κ1) is 11.7. The molecular weight excluding hydrogens is 238 g/mol. The minimum Gasteiger partial charge on any atom is -0.331 e. The van der Waals surface area contributed by atoms with Gasteiger partial charge in [0.2, 0.25) is 0 Å². The maximum atomic E-state index is 11.6. The summed E-state index contributed by atoms with van der Waals surface area (Å²) in [4.78, 5) is 15.5. The van der Waals surface area contributed by atoms with Crippen LogP contribution in [0.2, 0.25) is 5.15 Å². The van der Waals surface area contributed by atoms with Gasteiger partial charge in [-0.1, -0.05) is 35.9 Å². The van der Waals surface area contributed by atoms with Crippen LogP contribution >= 0.6 is 11.6 Å². The van der Waals surface area contributed by atoms with Crippen LogP contribution in [0.3, 0.4) is 0 Å². The van der Waals surface area contributed by atoms with E-state index in [0.717, 1.165) is 6.42 Å². The van der Waals surface area contributed by atoms with Crippen LogP contribution in [-0.4, -0.2) is 17.1 Å². The molecule has 1 aliphatic carbocycles. The Kier molecular flexibility index (Phi) is 3.77. The number of hydrogen-bond donors (Lipinski definition) is 2. The molecule has 0 aromatic carbocycles. The van der Waals surface area contributed by atoms with E-state index in [2.05, 4.69) is 15.6 Å². The van der Waals surface area contributed by atoms with Crippen molar-refractivity contribution in [2.45, 2.75) is 12.5 Å². The summed E-state index contributed by atoms with van der Waals surface area (Å²) < 4.78 is 0. The number of nitrogens with zero attached hydrogens (tertiary/aromatic N) is 1. The number of nitrogens with one attached hydrogen (secondary N) is 2. The van der Waals surface area contributed by atoms with Crippen LogP contribution in [0.1, 0.15) is 6.42 Å². The van der Waals surface area contributed by atoms with E-state index >= 15 is 0 Å². The predicted octanol–water partition coefficient (Wildman–Crippen LogP) is 2.74. The van der Waals surface area contributed by atoms with Crippen LogP contribution in [-0.2, 0) is 0 Å². The van der Waals surface area contributed by atoms with Crippen LogP contribution in [0.25, 0.3) is 0 Å². The summed E-state index contributed by atoms with van der Waals surface area (Å²) in [5.74, 6) is 0. The summed E-state index contributed by atoms with van der Waals surface area (Å²) in [6.45, 7) is 0. The fourth-order valence-electron chi connectivity index (χ4n) is 1.50. The molecule has 88 valence electrons. The zero-order chi connectivity index (χ0) is 12.1. The van der Waals surface area contributed by atoms with E-state index in [4.69, 9.17) is 11.6 Å². The monoisotopic (exact) mass is 249 g/mol. The van der Waals surface area contributed by atoms with Crippen LogP contribution in [0.4, 0.5) is 10.5 Å². The van der Waals surface area contributed by atoms with E-state index in [1.165, 1.54) is 0 Å². The van der Waals surface area contributed by atoms with Gasteiger partial charge >= 0.3 is 6.03 Å². The minimum atomic E-state index is -0.253. The lowest BCUT2D eigenvalue weighted by molar-refractivity contribution is 0.250. The van der Waals surface area contributed by atoms with Crippen LogP contribution in [0.15, 0.2) is 42.6 Å². The van der Waals surface area contributed by atoms with E-state index in [1.54, 1.807) is 18.3 Å². The van der Waals surface area contributed by atoms with Gasteiger partial charge in [0, 0.05) is 11.9 Å². The van der Waals surface area contributed by atoms with Gasteiger partial charge in [-0.05, 0) is 18.6 Å². The van der Waals surface area contributed by atoms with E-state index in [9.17, 15) is 4.79 Å². The van der Waals surface area contributed by atoms with Gasteiger partial charge in [-0.2, -0.15) is 0 Å². The standard InChI is InChI=1S/C12H12ClN3O/c13-11-8-10(6-7-14-11)16-12(17)15-9-4-2-1-3-5-9/h1-4,6-9H,5H2,(H2,14,15,16,17). The molecule has 0 saturated carbocycles. The van der Waals surface area contributed by atoms with E-state index in [0.29, 0.717) is 10.8 Å². The molecule has 1 aromatic heterocycles. The number of amides is 2. The molecule has 1 aromatic rings. The molecule has 1 aliphatic rings. The molecular formula is C12H12ClN3O. The molecule has 2 amide bonds. The number of pyridine rings is 1. The molecule has 0 radical (unpaired) electrons. The average Bonchev–Trinajstić information content (AvgIpc) is 2.30. The van der Waals surface area contributed by atoms with Gasteiger partial charge in [0.15, 0.2) is 0 Å². The molecule has 0 fully saturated rings. The van der Waals surface area contributed by atoms with Gasteiger partial charge in [-0.3, -0.25) is 0 Å². The summed E-state index contributed by atoms with van der Waals surface area (Å²) >= 11 is 5.72. The number of aromatic nitrogens is 1. The van der Waals surface area contributed by atoms with Crippen molar-refractivity contribution >= 4 is 23.3 Å². The van der Waals surface area contributed by atoms with Crippen LogP contribution in [0.5, 0.6) is 0 Å². The molecule has 4 nitrogen and oxygen atoms in total. The van der Waals surface area contributed by atoms with Crippen LogP contribution < -0.4 is 10.6 Å². The Morgan fingerprint density at radius 2 is 2.35 bits per heavy atom. The lowest BCUT2D eigenvalue weighted by Crippen LogP contribution is -2.36. The van der Waals surface area contributed by atoms with Crippen molar-refractivity contribution in [3.63, 3.8) is 0 Å². The van der Waals surface area contributed by atoms with Gasteiger partial charge in [0.1, 0.15) is 5.15 Å².